The summed E-state index contributed by atoms with van der Waals surface area (Å²) < 4.78 is 5.20. The summed E-state index contributed by atoms with van der Waals surface area (Å²) in [5.74, 6) is 0.282. The predicted molar refractivity (Wildman–Crippen MR) is 62.8 cm³/mol. The highest BCUT2D eigenvalue weighted by atomic mass is 16.6. The molecule has 1 aromatic rings. The summed E-state index contributed by atoms with van der Waals surface area (Å²) in [5, 5.41) is 0. The van der Waals surface area contributed by atoms with E-state index in [1.807, 2.05) is 26.8 Å². The van der Waals surface area contributed by atoms with Gasteiger partial charge in [0.25, 0.3) is 0 Å². The molecule has 0 atom stereocenters. The number of hydrogen-bond donors (Lipinski definition) is 1. The van der Waals surface area contributed by atoms with E-state index in [4.69, 9.17) is 10.5 Å². The molecule has 0 aliphatic rings. The van der Waals surface area contributed by atoms with Crippen LogP contribution in [0.1, 0.15) is 32.8 Å². The maximum absolute atomic E-state index is 11.4. The van der Waals surface area contributed by atoms with Crippen LogP contribution in [0.2, 0.25) is 0 Å². The Kier molecular flexibility index (Phi) is 3.88. The number of nitrogens with zero attached hydrogens (tertiary/aromatic N) is 1. The molecule has 4 heteroatoms. The van der Waals surface area contributed by atoms with Crippen LogP contribution >= 0.6 is 0 Å². The van der Waals surface area contributed by atoms with Crippen molar-refractivity contribution in [2.24, 2.45) is 0 Å². The minimum absolute atomic E-state index is 0.192. The Morgan fingerprint density at radius 3 is 2.75 bits per heavy atom. The van der Waals surface area contributed by atoms with E-state index in [2.05, 4.69) is 4.98 Å². The van der Waals surface area contributed by atoms with Gasteiger partial charge in [-0.3, -0.25) is 4.79 Å². The molecule has 0 aromatic carbocycles. The van der Waals surface area contributed by atoms with E-state index in [1.54, 1.807) is 12.3 Å². The zero-order valence-corrected chi connectivity index (χ0v) is 9.99. The first-order valence-electron chi connectivity index (χ1n) is 5.29. The Balaban J connectivity index is 2.43. The van der Waals surface area contributed by atoms with Gasteiger partial charge in [-0.1, -0.05) is 0 Å². The number of carbonyl (C=O) groups is 1. The molecule has 1 aromatic heterocycles. The highest BCUT2D eigenvalue weighted by Gasteiger charge is 2.15. The molecule has 0 unspecified atom stereocenters. The van der Waals surface area contributed by atoms with Gasteiger partial charge < -0.3 is 10.5 Å². The molecule has 0 amide bonds. The van der Waals surface area contributed by atoms with Crippen LogP contribution < -0.4 is 5.73 Å². The van der Waals surface area contributed by atoms with E-state index in [1.165, 1.54) is 0 Å². The predicted octanol–water partition coefficient (Wildman–Crippen LogP) is 1.94. The third kappa shape index (κ3) is 4.77. The summed E-state index contributed by atoms with van der Waals surface area (Å²) in [6.45, 7) is 5.57. The van der Waals surface area contributed by atoms with E-state index in [0.717, 1.165) is 5.56 Å². The first-order chi connectivity index (χ1) is 7.37. The third-order valence-electron chi connectivity index (χ3n) is 1.88. The van der Waals surface area contributed by atoms with E-state index in [0.29, 0.717) is 18.7 Å². The Morgan fingerprint density at radius 2 is 2.19 bits per heavy atom. The van der Waals surface area contributed by atoms with Gasteiger partial charge in [-0.15, -0.1) is 0 Å². The van der Waals surface area contributed by atoms with Gasteiger partial charge in [-0.2, -0.15) is 0 Å². The number of aryl methyl sites for hydroxylation is 1. The van der Waals surface area contributed by atoms with E-state index in [9.17, 15) is 4.79 Å². The summed E-state index contributed by atoms with van der Waals surface area (Å²) in [6, 6.07) is 3.62. The average molecular weight is 222 g/mol. The highest BCUT2D eigenvalue weighted by molar-refractivity contribution is 5.70. The Morgan fingerprint density at radius 1 is 1.50 bits per heavy atom. The third-order valence-corrected chi connectivity index (χ3v) is 1.88. The summed E-state index contributed by atoms with van der Waals surface area (Å²) in [4.78, 5) is 15.3. The van der Waals surface area contributed by atoms with Crippen LogP contribution in [0.15, 0.2) is 18.3 Å². The standard InChI is InChI=1S/C12H18N2O2/c1-12(2,3)16-11(15)5-4-9-6-7-14-10(13)8-9/h6-8H,4-5H2,1-3H3,(H2,13,14). The van der Waals surface area contributed by atoms with E-state index in [-0.39, 0.29) is 5.97 Å². The lowest BCUT2D eigenvalue weighted by molar-refractivity contribution is -0.154. The van der Waals surface area contributed by atoms with Crippen molar-refractivity contribution < 1.29 is 9.53 Å². The van der Waals surface area contributed by atoms with Crippen LogP contribution in [-0.2, 0) is 16.0 Å². The summed E-state index contributed by atoms with van der Waals surface area (Å²) in [7, 11) is 0. The van der Waals surface area contributed by atoms with Crippen LogP contribution in [0, 0.1) is 0 Å². The molecule has 0 aliphatic heterocycles. The Hall–Kier alpha value is -1.58. The highest BCUT2D eigenvalue weighted by Crippen LogP contribution is 2.11. The number of anilines is 1. The molecule has 16 heavy (non-hydrogen) atoms. The van der Waals surface area contributed by atoms with Crippen molar-refractivity contribution in [3.63, 3.8) is 0 Å². The molecular formula is C12H18N2O2. The molecule has 4 nitrogen and oxygen atoms in total. The summed E-state index contributed by atoms with van der Waals surface area (Å²) in [6.07, 6.45) is 2.63. The van der Waals surface area contributed by atoms with Crippen molar-refractivity contribution in [1.82, 2.24) is 4.98 Å². The van der Waals surface area contributed by atoms with Gasteiger partial charge >= 0.3 is 5.97 Å². The lowest BCUT2D eigenvalue weighted by Crippen LogP contribution is -2.24. The smallest absolute Gasteiger partial charge is 0.306 e. The van der Waals surface area contributed by atoms with Crippen molar-refractivity contribution >= 4 is 11.8 Å². The van der Waals surface area contributed by atoms with Crippen molar-refractivity contribution in [3.8, 4) is 0 Å². The van der Waals surface area contributed by atoms with Crippen LogP contribution in [0.4, 0.5) is 5.82 Å². The molecule has 0 fully saturated rings. The van der Waals surface area contributed by atoms with Crippen LogP contribution in [0.25, 0.3) is 0 Å². The maximum Gasteiger partial charge on any atom is 0.306 e. The number of ether oxygens (including phenoxy) is 1. The molecule has 2 N–H and O–H groups in total. The number of nitrogens with two attached hydrogens (primary N) is 1. The van der Waals surface area contributed by atoms with Crippen molar-refractivity contribution in [2.75, 3.05) is 5.73 Å². The van der Waals surface area contributed by atoms with Gasteiger partial charge in [0, 0.05) is 12.6 Å². The molecule has 0 saturated heterocycles. The lowest BCUT2D eigenvalue weighted by Gasteiger charge is -2.19. The summed E-state index contributed by atoms with van der Waals surface area (Å²) >= 11 is 0. The minimum atomic E-state index is -0.422. The molecule has 88 valence electrons. The van der Waals surface area contributed by atoms with Crippen molar-refractivity contribution in [1.29, 1.82) is 0 Å². The number of hydrogen-bond acceptors (Lipinski definition) is 4. The number of rotatable bonds is 3. The van der Waals surface area contributed by atoms with Gasteiger partial charge in [0.05, 0.1) is 0 Å². The quantitative estimate of drug-likeness (QED) is 0.794. The number of aromatic nitrogens is 1. The molecule has 0 radical (unpaired) electrons. The fraction of sp³-hybridized carbons (Fsp3) is 0.500. The first-order valence-corrected chi connectivity index (χ1v) is 5.29. The van der Waals surface area contributed by atoms with Crippen LogP contribution in [-0.4, -0.2) is 16.6 Å². The van der Waals surface area contributed by atoms with Gasteiger partial charge in [0.1, 0.15) is 11.4 Å². The number of nitrogen functional groups attached to an aromatic ring is 1. The lowest BCUT2D eigenvalue weighted by atomic mass is 10.1. The molecule has 0 spiro atoms. The fourth-order valence-corrected chi connectivity index (χ4v) is 1.29. The molecule has 0 saturated carbocycles. The largest absolute Gasteiger partial charge is 0.460 e. The normalized spacial score (nSPS) is 11.2. The van der Waals surface area contributed by atoms with Crippen LogP contribution in [0.5, 0.6) is 0 Å². The van der Waals surface area contributed by atoms with E-state index >= 15 is 0 Å². The SMILES string of the molecule is CC(C)(C)OC(=O)CCc1ccnc(N)c1. The van der Waals surface area contributed by atoms with Crippen molar-refractivity contribution in [2.45, 2.75) is 39.2 Å². The molecule has 1 heterocycles. The second kappa shape index (κ2) is 4.96. The average Bonchev–Trinajstić information content (AvgIpc) is 2.12. The Bertz CT molecular complexity index is 370. The second-order valence-electron chi connectivity index (χ2n) is 4.68. The Labute approximate surface area is 95.8 Å². The van der Waals surface area contributed by atoms with Crippen LogP contribution in [0.3, 0.4) is 0 Å². The monoisotopic (exact) mass is 222 g/mol. The second-order valence-corrected chi connectivity index (χ2v) is 4.68. The maximum atomic E-state index is 11.4. The van der Waals surface area contributed by atoms with Gasteiger partial charge in [0.2, 0.25) is 0 Å². The summed E-state index contributed by atoms with van der Waals surface area (Å²) in [5.41, 5.74) is 6.12. The van der Waals surface area contributed by atoms with Gasteiger partial charge in [0.15, 0.2) is 0 Å². The molecule has 0 aliphatic carbocycles. The van der Waals surface area contributed by atoms with Crippen molar-refractivity contribution in [3.05, 3.63) is 23.9 Å². The minimum Gasteiger partial charge on any atom is -0.460 e. The number of carbonyl (C=O) groups excluding carboxylic acids is 1. The molecule has 0 bridgehead atoms. The topological polar surface area (TPSA) is 65.2 Å². The molecule has 1 rings (SSSR count). The zero-order valence-electron chi connectivity index (χ0n) is 9.99. The molecular weight excluding hydrogens is 204 g/mol. The fourth-order valence-electron chi connectivity index (χ4n) is 1.29. The number of esters is 1. The number of pyridine rings is 1. The van der Waals surface area contributed by atoms with E-state index < -0.39 is 5.60 Å². The van der Waals surface area contributed by atoms with Gasteiger partial charge in [-0.25, -0.2) is 4.98 Å². The zero-order chi connectivity index (χ0) is 12.2. The first kappa shape index (κ1) is 12.5. The van der Waals surface area contributed by atoms with Gasteiger partial charge in [-0.05, 0) is 44.9 Å².